The Balaban J connectivity index is 5.74. The third-order valence-corrected chi connectivity index (χ3v) is 2.64. The van der Waals surface area contributed by atoms with E-state index in [9.17, 15) is 29.1 Å². The van der Waals surface area contributed by atoms with Crippen LogP contribution in [0.4, 0.5) is 0 Å². The molecule has 0 aliphatic heterocycles. The van der Waals surface area contributed by atoms with Crippen molar-refractivity contribution in [3.8, 4) is 0 Å². The van der Waals surface area contributed by atoms with Gasteiger partial charge >= 0.3 is 23.9 Å². The van der Waals surface area contributed by atoms with Crippen LogP contribution < -0.4 is 5.73 Å². The largest absolute Gasteiger partial charge is 0.463 e. The Morgan fingerprint density at radius 3 is 1.60 bits per heavy atom. The van der Waals surface area contributed by atoms with Crippen LogP contribution in [0.2, 0.25) is 0 Å². The average molecular weight is 363 g/mol. The lowest BCUT2D eigenvalue weighted by Gasteiger charge is -2.32. The molecule has 0 aliphatic rings. The minimum atomic E-state index is -1.85. The molecule has 11 heteroatoms. The fourth-order valence-corrected chi connectivity index (χ4v) is 1.81. The zero-order valence-electron chi connectivity index (χ0n) is 14.2. The summed E-state index contributed by atoms with van der Waals surface area (Å²) >= 11 is 0. The predicted molar refractivity (Wildman–Crippen MR) is 78.5 cm³/mol. The number of hydrogen-bond acceptors (Lipinski definition) is 10. The Morgan fingerprint density at radius 2 is 1.24 bits per heavy atom. The lowest BCUT2D eigenvalue weighted by molar-refractivity contribution is -0.197. The number of carbonyl (C=O) groups is 5. The first-order valence-corrected chi connectivity index (χ1v) is 7.08. The van der Waals surface area contributed by atoms with Crippen LogP contribution in [-0.4, -0.2) is 65.9 Å². The molecule has 0 aliphatic carbocycles. The van der Waals surface area contributed by atoms with Gasteiger partial charge in [-0.3, -0.25) is 24.0 Å². The number of esters is 4. The van der Waals surface area contributed by atoms with Gasteiger partial charge in [-0.25, -0.2) is 0 Å². The van der Waals surface area contributed by atoms with Crippen molar-refractivity contribution in [2.45, 2.75) is 52.1 Å². The Labute approximate surface area is 143 Å². The van der Waals surface area contributed by atoms with E-state index < -0.39 is 60.8 Å². The Morgan fingerprint density at radius 1 is 0.800 bits per heavy atom. The van der Waals surface area contributed by atoms with E-state index in [1.54, 1.807) is 0 Å². The van der Waals surface area contributed by atoms with Crippen molar-refractivity contribution in [2.75, 3.05) is 6.61 Å². The number of carbonyl (C=O) groups excluding carboxylic acids is 5. The molecule has 0 bridgehead atoms. The first-order chi connectivity index (χ1) is 11.5. The van der Waals surface area contributed by atoms with Crippen molar-refractivity contribution in [3.63, 3.8) is 0 Å². The molecule has 0 aromatic heterocycles. The van der Waals surface area contributed by atoms with E-state index in [1.807, 2.05) is 0 Å². The van der Waals surface area contributed by atoms with Crippen molar-refractivity contribution >= 4 is 29.8 Å². The number of amides is 1. The molecular formula is C14H21NO10. The summed E-state index contributed by atoms with van der Waals surface area (Å²) in [6.45, 7) is 3.36. The molecular weight excluding hydrogens is 342 g/mol. The highest BCUT2D eigenvalue weighted by atomic mass is 16.6. The summed E-state index contributed by atoms with van der Waals surface area (Å²) in [5.41, 5.74) is 5.14. The molecule has 0 heterocycles. The molecule has 0 aromatic rings. The standard InChI is InChI=1S/C14H21NO10/c1-6(16)22-5-10(20)11(23-7(2)17)12(24-8(3)18)13(14(15)21)25-9(4)19/h10-13,20H,5H2,1-4H3,(H2,15,21)/t10-,11-,12+,13-/m1/s1. The van der Waals surface area contributed by atoms with E-state index in [0.717, 1.165) is 27.7 Å². The molecule has 0 rings (SSSR count). The molecule has 142 valence electrons. The minimum absolute atomic E-state index is 0.642. The summed E-state index contributed by atoms with van der Waals surface area (Å²) in [5.74, 6) is -4.72. The van der Waals surface area contributed by atoms with Crippen LogP contribution in [0.3, 0.4) is 0 Å². The average Bonchev–Trinajstić information content (AvgIpc) is 2.45. The van der Waals surface area contributed by atoms with Crippen LogP contribution in [0.25, 0.3) is 0 Å². The minimum Gasteiger partial charge on any atom is -0.463 e. The van der Waals surface area contributed by atoms with Crippen LogP contribution in [0.1, 0.15) is 27.7 Å². The van der Waals surface area contributed by atoms with Gasteiger partial charge in [-0.05, 0) is 0 Å². The summed E-state index contributed by atoms with van der Waals surface area (Å²) in [5, 5.41) is 10.1. The SMILES string of the molecule is CC(=O)OC[C@@H](O)[C@@H](OC(C)=O)[C@H](OC(C)=O)[C@@H](OC(C)=O)C(N)=O. The number of aliphatic hydroxyl groups excluding tert-OH is 1. The van der Waals surface area contributed by atoms with Gasteiger partial charge < -0.3 is 29.8 Å². The number of primary amides is 1. The number of rotatable bonds is 9. The summed E-state index contributed by atoms with van der Waals surface area (Å²) in [4.78, 5) is 56.2. The molecule has 0 radical (unpaired) electrons. The van der Waals surface area contributed by atoms with Crippen LogP contribution in [-0.2, 0) is 42.9 Å². The molecule has 0 saturated heterocycles. The third-order valence-electron chi connectivity index (χ3n) is 2.64. The van der Waals surface area contributed by atoms with Crippen LogP contribution >= 0.6 is 0 Å². The Hall–Kier alpha value is -2.69. The highest BCUT2D eigenvalue weighted by Crippen LogP contribution is 2.18. The second kappa shape index (κ2) is 10.2. The van der Waals surface area contributed by atoms with E-state index in [4.69, 9.17) is 19.9 Å². The molecule has 25 heavy (non-hydrogen) atoms. The van der Waals surface area contributed by atoms with Crippen molar-refractivity contribution in [1.29, 1.82) is 0 Å². The Kier molecular flexibility index (Phi) is 9.13. The van der Waals surface area contributed by atoms with E-state index in [0.29, 0.717) is 0 Å². The van der Waals surface area contributed by atoms with E-state index in [1.165, 1.54) is 0 Å². The first kappa shape index (κ1) is 22.3. The molecule has 1 amide bonds. The zero-order chi connectivity index (χ0) is 19.7. The highest BCUT2D eigenvalue weighted by molar-refractivity contribution is 5.83. The molecule has 0 unspecified atom stereocenters. The van der Waals surface area contributed by atoms with Gasteiger partial charge in [-0.15, -0.1) is 0 Å². The maximum atomic E-state index is 11.6. The van der Waals surface area contributed by atoms with Gasteiger partial charge in [0.2, 0.25) is 6.10 Å². The lowest BCUT2D eigenvalue weighted by atomic mass is 10.0. The van der Waals surface area contributed by atoms with Gasteiger partial charge in [-0.1, -0.05) is 0 Å². The summed E-state index contributed by atoms with van der Waals surface area (Å²) in [6.07, 6.45) is -7.00. The van der Waals surface area contributed by atoms with Gasteiger partial charge in [0.1, 0.15) is 12.7 Å². The summed E-state index contributed by atoms with van der Waals surface area (Å²) in [6, 6.07) is 0. The normalized spacial score (nSPS) is 15.1. The van der Waals surface area contributed by atoms with Crippen molar-refractivity contribution in [1.82, 2.24) is 0 Å². The molecule has 0 spiro atoms. The summed E-state index contributed by atoms with van der Waals surface area (Å²) in [7, 11) is 0. The maximum absolute atomic E-state index is 11.6. The fraction of sp³-hybridized carbons (Fsp3) is 0.643. The molecule has 3 N–H and O–H groups in total. The predicted octanol–water partition coefficient (Wildman–Crippen LogP) is -1.81. The highest BCUT2D eigenvalue weighted by Gasteiger charge is 2.44. The third kappa shape index (κ3) is 8.65. The van der Waals surface area contributed by atoms with Crippen LogP contribution in [0.15, 0.2) is 0 Å². The first-order valence-electron chi connectivity index (χ1n) is 7.08. The quantitative estimate of drug-likeness (QED) is 0.352. The van der Waals surface area contributed by atoms with Gasteiger partial charge in [-0.2, -0.15) is 0 Å². The van der Waals surface area contributed by atoms with E-state index in [-0.39, 0.29) is 0 Å². The molecule has 4 atom stereocenters. The van der Waals surface area contributed by atoms with Crippen molar-refractivity contribution < 1.29 is 48.0 Å². The van der Waals surface area contributed by atoms with Crippen LogP contribution in [0.5, 0.6) is 0 Å². The van der Waals surface area contributed by atoms with Crippen molar-refractivity contribution in [2.24, 2.45) is 5.73 Å². The maximum Gasteiger partial charge on any atom is 0.303 e. The van der Waals surface area contributed by atoms with Gasteiger partial charge in [0.15, 0.2) is 12.2 Å². The number of aliphatic hydroxyl groups is 1. The zero-order valence-corrected chi connectivity index (χ0v) is 14.2. The topological polar surface area (TPSA) is 169 Å². The Bertz CT molecular complexity index is 532. The second-order valence-corrected chi connectivity index (χ2v) is 4.95. The van der Waals surface area contributed by atoms with E-state index in [2.05, 4.69) is 4.74 Å². The second-order valence-electron chi connectivity index (χ2n) is 4.95. The molecule has 11 nitrogen and oxygen atoms in total. The monoisotopic (exact) mass is 363 g/mol. The number of hydrogen-bond donors (Lipinski definition) is 2. The lowest BCUT2D eigenvalue weighted by Crippen LogP contribution is -2.55. The fourth-order valence-electron chi connectivity index (χ4n) is 1.81. The summed E-state index contributed by atoms with van der Waals surface area (Å²) < 4.78 is 19.0. The number of ether oxygens (including phenoxy) is 4. The van der Waals surface area contributed by atoms with Crippen LogP contribution in [0, 0.1) is 0 Å². The van der Waals surface area contributed by atoms with Crippen molar-refractivity contribution in [3.05, 3.63) is 0 Å². The van der Waals surface area contributed by atoms with E-state index >= 15 is 0 Å². The molecule has 0 aromatic carbocycles. The van der Waals surface area contributed by atoms with Gasteiger partial charge in [0.05, 0.1) is 0 Å². The molecule has 0 fully saturated rings. The smallest absolute Gasteiger partial charge is 0.303 e. The van der Waals surface area contributed by atoms with Gasteiger partial charge in [0.25, 0.3) is 5.91 Å². The molecule has 0 saturated carbocycles. The number of nitrogens with two attached hydrogens (primary N) is 1. The van der Waals surface area contributed by atoms with Gasteiger partial charge in [0, 0.05) is 27.7 Å².